The van der Waals surface area contributed by atoms with Gasteiger partial charge in [0.2, 0.25) is 5.16 Å². The lowest BCUT2D eigenvalue weighted by Crippen LogP contribution is -2.46. The maximum absolute atomic E-state index is 12.2. The van der Waals surface area contributed by atoms with Crippen LogP contribution in [0.5, 0.6) is 0 Å². The molecule has 1 aliphatic rings. The van der Waals surface area contributed by atoms with Crippen molar-refractivity contribution in [3.05, 3.63) is 35.9 Å². The number of morpholine rings is 1. The Morgan fingerprint density at radius 1 is 1.42 bits per heavy atom. The van der Waals surface area contributed by atoms with Crippen molar-refractivity contribution in [2.45, 2.75) is 17.9 Å². The molecule has 8 nitrogen and oxygen atoms in total. The Morgan fingerprint density at radius 3 is 3.00 bits per heavy atom. The molecule has 1 aromatic heterocycles. The molecule has 1 atom stereocenters. The molecule has 0 saturated carbocycles. The van der Waals surface area contributed by atoms with Crippen molar-refractivity contribution in [2.24, 2.45) is 7.05 Å². The second-order valence-corrected chi connectivity index (χ2v) is 6.36. The topological polar surface area (TPSA) is 82.4 Å². The van der Waals surface area contributed by atoms with Gasteiger partial charge in [0.1, 0.15) is 6.61 Å². The number of nitrogens with zero attached hydrogens (tertiary/aromatic N) is 5. The minimum atomic E-state index is -0.308. The summed E-state index contributed by atoms with van der Waals surface area (Å²) < 4.78 is 12.7. The van der Waals surface area contributed by atoms with E-state index in [9.17, 15) is 4.79 Å². The lowest BCUT2D eigenvalue weighted by molar-refractivity contribution is -0.0171. The fourth-order valence-electron chi connectivity index (χ4n) is 2.31. The Bertz CT molecular complexity index is 666. The molecule has 9 heteroatoms. The highest BCUT2D eigenvalue weighted by molar-refractivity contribution is 7.99. The summed E-state index contributed by atoms with van der Waals surface area (Å²) in [6.07, 6.45) is -0.373. The fourth-order valence-corrected chi connectivity index (χ4v) is 3.16. The SMILES string of the molecule is Cn1nnnc1SCC1CN(C(=O)OCc2ccccc2)CCO1. The molecule has 2 heterocycles. The molecule has 2 aromatic rings. The molecule has 1 amide bonds. The van der Waals surface area contributed by atoms with Gasteiger partial charge in [-0.3, -0.25) is 0 Å². The van der Waals surface area contributed by atoms with Gasteiger partial charge in [-0.2, -0.15) is 0 Å². The van der Waals surface area contributed by atoms with E-state index in [1.807, 2.05) is 30.3 Å². The van der Waals surface area contributed by atoms with Crippen molar-refractivity contribution in [2.75, 3.05) is 25.4 Å². The Balaban J connectivity index is 1.46. The Kier molecular flexibility index (Phi) is 5.65. The van der Waals surface area contributed by atoms with Crippen molar-refractivity contribution in [3.63, 3.8) is 0 Å². The molecule has 0 N–H and O–H groups in total. The van der Waals surface area contributed by atoms with Crippen molar-refractivity contribution in [1.82, 2.24) is 25.1 Å². The maximum atomic E-state index is 12.2. The van der Waals surface area contributed by atoms with Gasteiger partial charge in [0, 0.05) is 19.3 Å². The predicted molar refractivity (Wildman–Crippen MR) is 87.5 cm³/mol. The van der Waals surface area contributed by atoms with E-state index < -0.39 is 0 Å². The number of rotatable bonds is 5. The summed E-state index contributed by atoms with van der Waals surface area (Å²) in [6.45, 7) is 1.83. The van der Waals surface area contributed by atoms with E-state index >= 15 is 0 Å². The van der Waals surface area contributed by atoms with Crippen LogP contribution in [0.3, 0.4) is 0 Å². The molecule has 1 aromatic carbocycles. The number of hydrogen-bond acceptors (Lipinski definition) is 7. The van der Waals surface area contributed by atoms with E-state index in [1.165, 1.54) is 11.8 Å². The van der Waals surface area contributed by atoms with Gasteiger partial charge in [-0.1, -0.05) is 42.1 Å². The third-order valence-corrected chi connectivity index (χ3v) is 4.72. The van der Waals surface area contributed by atoms with E-state index in [1.54, 1.807) is 16.6 Å². The smallest absolute Gasteiger partial charge is 0.410 e. The number of amides is 1. The van der Waals surface area contributed by atoms with Gasteiger partial charge in [0.05, 0.1) is 19.3 Å². The van der Waals surface area contributed by atoms with Gasteiger partial charge in [0.25, 0.3) is 0 Å². The van der Waals surface area contributed by atoms with Crippen LogP contribution in [0.1, 0.15) is 5.56 Å². The number of aromatic nitrogens is 4. The van der Waals surface area contributed by atoms with Crippen LogP contribution in [-0.4, -0.2) is 62.8 Å². The summed E-state index contributed by atoms with van der Waals surface area (Å²) in [5, 5.41) is 12.0. The van der Waals surface area contributed by atoms with Crippen molar-refractivity contribution < 1.29 is 14.3 Å². The van der Waals surface area contributed by atoms with Crippen LogP contribution >= 0.6 is 11.8 Å². The zero-order chi connectivity index (χ0) is 16.8. The van der Waals surface area contributed by atoms with E-state index in [2.05, 4.69) is 15.5 Å². The second kappa shape index (κ2) is 8.11. The van der Waals surface area contributed by atoms with Gasteiger partial charge in [0.15, 0.2) is 0 Å². The van der Waals surface area contributed by atoms with Crippen LogP contribution in [-0.2, 0) is 23.1 Å². The van der Waals surface area contributed by atoms with Gasteiger partial charge in [-0.05, 0) is 16.0 Å². The highest BCUT2D eigenvalue weighted by Crippen LogP contribution is 2.18. The average Bonchev–Trinajstić information content (AvgIpc) is 3.04. The molecule has 24 heavy (non-hydrogen) atoms. The molecule has 1 unspecified atom stereocenters. The molecule has 3 rings (SSSR count). The fraction of sp³-hybridized carbons (Fsp3) is 0.467. The van der Waals surface area contributed by atoms with E-state index in [4.69, 9.17) is 9.47 Å². The van der Waals surface area contributed by atoms with Crippen LogP contribution in [0, 0.1) is 0 Å². The quantitative estimate of drug-likeness (QED) is 0.753. The molecule has 0 radical (unpaired) electrons. The molecule has 0 spiro atoms. The summed E-state index contributed by atoms with van der Waals surface area (Å²) in [6, 6.07) is 9.64. The zero-order valence-electron chi connectivity index (χ0n) is 13.4. The van der Waals surface area contributed by atoms with E-state index in [0.717, 1.165) is 10.7 Å². The Morgan fingerprint density at radius 2 is 2.25 bits per heavy atom. The summed E-state index contributed by atoms with van der Waals surface area (Å²) in [7, 11) is 1.79. The Hall–Kier alpha value is -2.13. The highest BCUT2D eigenvalue weighted by Gasteiger charge is 2.25. The predicted octanol–water partition coefficient (Wildman–Crippen LogP) is 1.34. The van der Waals surface area contributed by atoms with Crippen LogP contribution in [0.2, 0.25) is 0 Å². The summed E-state index contributed by atoms with van der Waals surface area (Å²) >= 11 is 1.51. The second-order valence-electron chi connectivity index (χ2n) is 5.38. The lowest BCUT2D eigenvalue weighted by atomic mass is 10.2. The van der Waals surface area contributed by atoms with Crippen molar-refractivity contribution in [1.29, 1.82) is 0 Å². The number of benzene rings is 1. The maximum Gasteiger partial charge on any atom is 0.410 e. The monoisotopic (exact) mass is 349 g/mol. The normalized spacial score (nSPS) is 17.7. The molecule has 0 aliphatic carbocycles. The molecule has 1 fully saturated rings. The zero-order valence-corrected chi connectivity index (χ0v) is 14.2. The van der Waals surface area contributed by atoms with Gasteiger partial charge < -0.3 is 14.4 Å². The average molecular weight is 349 g/mol. The van der Waals surface area contributed by atoms with Gasteiger partial charge >= 0.3 is 6.09 Å². The summed E-state index contributed by atoms with van der Waals surface area (Å²) in [5.74, 6) is 0.677. The summed E-state index contributed by atoms with van der Waals surface area (Å²) in [5.41, 5.74) is 0.973. The number of ether oxygens (including phenoxy) is 2. The van der Waals surface area contributed by atoms with Crippen molar-refractivity contribution in [3.8, 4) is 0 Å². The van der Waals surface area contributed by atoms with Gasteiger partial charge in [-0.15, -0.1) is 5.10 Å². The minimum absolute atomic E-state index is 0.0651. The minimum Gasteiger partial charge on any atom is -0.445 e. The molecule has 0 bridgehead atoms. The number of thioether (sulfide) groups is 1. The first-order chi connectivity index (χ1) is 11.7. The highest BCUT2D eigenvalue weighted by atomic mass is 32.2. The first-order valence-electron chi connectivity index (χ1n) is 7.65. The number of carbonyl (C=O) groups excluding carboxylic acids is 1. The lowest BCUT2D eigenvalue weighted by Gasteiger charge is -2.32. The molecule has 1 aliphatic heterocycles. The third kappa shape index (κ3) is 4.45. The van der Waals surface area contributed by atoms with Gasteiger partial charge in [-0.25, -0.2) is 9.48 Å². The third-order valence-electron chi connectivity index (χ3n) is 3.58. The van der Waals surface area contributed by atoms with E-state index in [0.29, 0.717) is 25.4 Å². The van der Waals surface area contributed by atoms with Crippen LogP contribution in [0.25, 0.3) is 0 Å². The van der Waals surface area contributed by atoms with Crippen LogP contribution in [0.4, 0.5) is 4.79 Å². The first kappa shape index (κ1) is 16.7. The van der Waals surface area contributed by atoms with Crippen LogP contribution in [0.15, 0.2) is 35.5 Å². The first-order valence-corrected chi connectivity index (χ1v) is 8.63. The number of hydrogen-bond donors (Lipinski definition) is 0. The van der Waals surface area contributed by atoms with E-state index in [-0.39, 0.29) is 18.8 Å². The Labute approximate surface area is 144 Å². The number of carbonyl (C=O) groups is 1. The molecule has 128 valence electrons. The largest absolute Gasteiger partial charge is 0.445 e. The summed E-state index contributed by atoms with van der Waals surface area (Å²) in [4.78, 5) is 13.9. The standard InChI is InChI=1S/C15H19N5O3S/c1-19-14(16-17-18-19)24-11-13-9-20(7-8-22-13)15(21)23-10-12-5-3-2-4-6-12/h2-6,13H,7-11H2,1H3. The molecular weight excluding hydrogens is 330 g/mol. The number of tetrazole rings is 1. The molecular formula is C15H19N5O3S. The van der Waals surface area contributed by atoms with Crippen molar-refractivity contribution >= 4 is 17.9 Å². The molecule has 1 saturated heterocycles. The number of aryl methyl sites for hydroxylation is 1. The van der Waals surface area contributed by atoms with Crippen LogP contribution < -0.4 is 0 Å².